The molecule has 18 heavy (non-hydrogen) atoms. The van der Waals surface area contributed by atoms with Crippen molar-refractivity contribution in [2.24, 2.45) is 0 Å². The van der Waals surface area contributed by atoms with Gasteiger partial charge in [-0.1, -0.05) is 15.9 Å². The standard InChI is InChI=1S/C13H12BrNO3/c1-8-2-4-10(18-8)7-15-13(17)11-5-3-9(14)6-12(11)16/h2-6,16H,7H2,1H3,(H,15,17). The van der Waals surface area contributed by atoms with Crippen LogP contribution >= 0.6 is 15.9 Å². The molecule has 1 heterocycles. The number of carbonyl (C=O) groups is 1. The van der Waals surface area contributed by atoms with Crippen LogP contribution in [0, 0.1) is 6.92 Å². The molecule has 1 aromatic carbocycles. The number of phenols is 1. The van der Waals surface area contributed by atoms with Crippen molar-refractivity contribution in [3.8, 4) is 5.75 Å². The molecule has 2 rings (SSSR count). The van der Waals surface area contributed by atoms with Gasteiger partial charge in [-0.05, 0) is 37.3 Å². The summed E-state index contributed by atoms with van der Waals surface area (Å²) in [6.45, 7) is 2.13. The Morgan fingerprint density at radius 3 is 2.78 bits per heavy atom. The zero-order valence-corrected chi connectivity index (χ0v) is 11.3. The number of amides is 1. The number of phenolic OH excluding ortho intramolecular Hbond substituents is 1. The third-order valence-electron chi connectivity index (χ3n) is 2.42. The largest absolute Gasteiger partial charge is 0.507 e. The van der Waals surface area contributed by atoms with E-state index in [9.17, 15) is 9.90 Å². The van der Waals surface area contributed by atoms with Crippen molar-refractivity contribution in [2.75, 3.05) is 0 Å². The summed E-state index contributed by atoms with van der Waals surface area (Å²) in [6, 6.07) is 8.37. The Kier molecular flexibility index (Phi) is 3.72. The van der Waals surface area contributed by atoms with E-state index in [0.717, 1.165) is 10.2 Å². The molecule has 5 heteroatoms. The third-order valence-corrected chi connectivity index (χ3v) is 2.92. The molecule has 94 valence electrons. The zero-order chi connectivity index (χ0) is 13.1. The van der Waals surface area contributed by atoms with Gasteiger partial charge in [-0.2, -0.15) is 0 Å². The molecule has 0 saturated carbocycles. The van der Waals surface area contributed by atoms with Crippen molar-refractivity contribution in [1.82, 2.24) is 5.32 Å². The minimum absolute atomic E-state index is 0.0579. The highest BCUT2D eigenvalue weighted by atomic mass is 79.9. The van der Waals surface area contributed by atoms with Crippen LogP contribution in [0.25, 0.3) is 0 Å². The average molecular weight is 310 g/mol. The summed E-state index contributed by atoms with van der Waals surface area (Å²) in [5.74, 6) is 1.08. The molecule has 4 nitrogen and oxygen atoms in total. The Labute approximate surface area is 113 Å². The third kappa shape index (κ3) is 2.92. The maximum atomic E-state index is 11.8. The fourth-order valence-electron chi connectivity index (χ4n) is 1.54. The Balaban J connectivity index is 2.03. The minimum atomic E-state index is -0.339. The first-order valence-corrected chi connectivity index (χ1v) is 6.17. The lowest BCUT2D eigenvalue weighted by molar-refractivity contribution is 0.0945. The van der Waals surface area contributed by atoms with Crippen molar-refractivity contribution >= 4 is 21.8 Å². The summed E-state index contributed by atoms with van der Waals surface area (Å²) < 4.78 is 6.05. The van der Waals surface area contributed by atoms with E-state index in [2.05, 4.69) is 21.2 Å². The van der Waals surface area contributed by atoms with Gasteiger partial charge in [0, 0.05) is 4.47 Å². The molecule has 1 aromatic heterocycles. The fourth-order valence-corrected chi connectivity index (χ4v) is 1.89. The number of rotatable bonds is 3. The first-order valence-electron chi connectivity index (χ1n) is 5.38. The summed E-state index contributed by atoms with van der Waals surface area (Å²) in [4.78, 5) is 11.8. The van der Waals surface area contributed by atoms with Gasteiger partial charge in [-0.3, -0.25) is 4.79 Å². The summed E-state index contributed by atoms with van der Waals surface area (Å²) in [6.07, 6.45) is 0. The predicted molar refractivity (Wildman–Crippen MR) is 70.4 cm³/mol. The number of halogens is 1. The second-order valence-corrected chi connectivity index (χ2v) is 4.77. The van der Waals surface area contributed by atoms with Crippen LogP contribution in [0.5, 0.6) is 5.75 Å². The van der Waals surface area contributed by atoms with Gasteiger partial charge in [0.25, 0.3) is 5.91 Å². The molecular formula is C13H12BrNO3. The number of furan rings is 1. The van der Waals surface area contributed by atoms with Crippen molar-refractivity contribution in [1.29, 1.82) is 0 Å². The van der Waals surface area contributed by atoms with Crippen molar-refractivity contribution in [3.63, 3.8) is 0 Å². The highest BCUT2D eigenvalue weighted by Crippen LogP contribution is 2.22. The van der Waals surface area contributed by atoms with Gasteiger partial charge < -0.3 is 14.8 Å². The SMILES string of the molecule is Cc1ccc(CNC(=O)c2ccc(Br)cc2O)o1. The first kappa shape index (κ1) is 12.7. The predicted octanol–water partition coefficient (Wildman–Crippen LogP) is 2.99. The molecule has 1 amide bonds. The normalized spacial score (nSPS) is 10.3. The number of hydrogen-bond acceptors (Lipinski definition) is 3. The van der Waals surface area contributed by atoms with Gasteiger partial charge in [0.15, 0.2) is 0 Å². The second kappa shape index (κ2) is 5.27. The number of carbonyl (C=O) groups excluding carboxylic acids is 1. The number of benzene rings is 1. The average Bonchev–Trinajstić information content (AvgIpc) is 2.72. The molecule has 2 aromatic rings. The van der Waals surface area contributed by atoms with Crippen LogP contribution in [-0.4, -0.2) is 11.0 Å². The van der Waals surface area contributed by atoms with Crippen molar-refractivity contribution in [3.05, 3.63) is 51.9 Å². The first-order chi connectivity index (χ1) is 8.56. The van der Waals surface area contributed by atoms with E-state index < -0.39 is 0 Å². The molecule has 0 aliphatic carbocycles. The van der Waals surface area contributed by atoms with E-state index in [0.29, 0.717) is 12.3 Å². The van der Waals surface area contributed by atoms with Gasteiger partial charge in [0.1, 0.15) is 17.3 Å². The van der Waals surface area contributed by atoms with Crippen LogP contribution in [-0.2, 0) is 6.54 Å². The quantitative estimate of drug-likeness (QED) is 0.916. The number of nitrogens with one attached hydrogen (secondary N) is 1. The van der Waals surface area contributed by atoms with E-state index >= 15 is 0 Å². The lowest BCUT2D eigenvalue weighted by Crippen LogP contribution is -2.22. The molecule has 0 fully saturated rings. The lowest BCUT2D eigenvalue weighted by Gasteiger charge is -2.05. The van der Waals surface area contributed by atoms with E-state index in [-0.39, 0.29) is 17.2 Å². The number of aromatic hydroxyl groups is 1. The topological polar surface area (TPSA) is 62.5 Å². The maximum Gasteiger partial charge on any atom is 0.255 e. The Morgan fingerprint density at radius 2 is 2.17 bits per heavy atom. The van der Waals surface area contributed by atoms with E-state index in [1.807, 2.05) is 13.0 Å². The van der Waals surface area contributed by atoms with Crippen molar-refractivity contribution < 1.29 is 14.3 Å². The minimum Gasteiger partial charge on any atom is -0.507 e. The molecule has 0 atom stereocenters. The van der Waals surface area contributed by atoms with E-state index in [4.69, 9.17) is 4.42 Å². The van der Waals surface area contributed by atoms with Gasteiger partial charge in [0.2, 0.25) is 0 Å². The van der Waals surface area contributed by atoms with E-state index in [1.54, 1.807) is 18.2 Å². The molecule has 0 aliphatic rings. The van der Waals surface area contributed by atoms with Crippen LogP contribution in [0.2, 0.25) is 0 Å². The molecule has 0 spiro atoms. The summed E-state index contributed by atoms with van der Waals surface area (Å²) in [5, 5.41) is 12.3. The van der Waals surface area contributed by atoms with Crippen LogP contribution in [0.1, 0.15) is 21.9 Å². The van der Waals surface area contributed by atoms with Gasteiger partial charge in [-0.15, -0.1) is 0 Å². The molecule has 0 radical (unpaired) electrons. The molecule has 0 bridgehead atoms. The zero-order valence-electron chi connectivity index (χ0n) is 9.74. The highest BCUT2D eigenvalue weighted by molar-refractivity contribution is 9.10. The fraction of sp³-hybridized carbons (Fsp3) is 0.154. The monoisotopic (exact) mass is 309 g/mol. The molecular weight excluding hydrogens is 298 g/mol. The summed E-state index contributed by atoms with van der Waals surface area (Å²) in [5.41, 5.74) is 0.237. The van der Waals surface area contributed by atoms with Gasteiger partial charge in [0.05, 0.1) is 12.1 Å². The van der Waals surface area contributed by atoms with Crippen LogP contribution in [0.15, 0.2) is 39.2 Å². The smallest absolute Gasteiger partial charge is 0.255 e. The summed E-state index contributed by atoms with van der Waals surface area (Å²) in [7, 11) is 0. The maximum absolute atomic E-state index is 11.8. The highest BCUT2D eigenvalue weighted by Gasteiger charge is 2.11. The van der Waals surface area contributed by atoms with E-state index in [1.165, 1.54) is 6.07 Å². The molecule has 2 N–H and O–H groups in total. The Bertz CT molecular complexity index is 577. The number of hydrogen-bond donors (Lipinski definition) is 2. The number of aryl methyl sites for hydroxylation is 1. The molecule has 0 saturated heterocycles. The Morgan fingerprint density at radius 1 is 1.39 bits per heavy atom. The van der Waals surface area contributed by atoms with Crippen molar-refractivity contribution in [2.45, 2.75) is 13.5 Å². The van der Waals surface area contributed by atoms with Crippen LogP contribution in [0.4, 0.5) is 0 Å². The van der Waals surface area contributed by atoms with Gasteiger partial charge in [-0.25, -0.2) is 0 Å². The van der Waals surface area contributed by atoms with Crippen LogP contribution < -0.4 is 5.32 Å². The second-order valence-electron chi connectivity index (χ2n) is 3.86. The van der Waals surface area contributed by atoms with Gasteiger partial charge >= 0.3 is 0 Å². The Hall–Kier alpha value is -1.75. The lowest BCUT2D eigenvalue weighted by atomic mass is 10.2. The summed E-state index contributed by atoms with van der Waals surface area (Å²) >= 11 is 3.22. The van der Waals surface area contributed by atoms with Crippen LogP contribution in [0.3, 0.4) is 0 Å². The molecule has 0 aliphatic heterocycles. The molecule has 0 unspecified atom stereocenters.